The third kappa shape index (κ3) is 7.46. The van der Waals surface area contributed by atoms with Gasteiger partial charge in [-0.3, -0.25) is 0 Å². The van der Waals surface area contributed by atoms with Gasteiger partial charge in [0.2, 0.25) is 11.8 Å². The van der Waals surface area contributed by atoms with Crippen LogP contribution in [-0.2, 0) is 16.4 Å². The second-order valence-electron chi connectivity index (χ2n) is 11.7. The first-order valence-electron chi connectivity index (χ1n) is 13.3. The summed E-state index contributed by atoms with van der Waals surface area (Å²) in [6.45, 7) is 11.3. The van der Waals surface area contributed by atoms with Crippen LogP contribution in [-0.4, -0.2) is 36.7 Å². The third-order valence-electron chi connectivity index (χ3n) is 7.65. The van der Waals surface area contributed by atoms with E-state index in [4.69, 9.17) is 9.16 Å². The molecular formula is C29H38F3N3O2SSi. The topological polar surface area (TPSA) is 56.3 Å². The lowest BCUT2D eigenvalue weighted by molar-refractivity contribution is -0.137. The van der Waals surface area contributed by atoms with Gasteiger partial charge in [-0.05, 0) is 86.0 Å². The minimum absolute atomic E-state index is 0.0950. The van der Waals surface area contributed by atoms with E-state index in [2.05, 4.69) is 49.1 Å². The number of nitrogens with one attached hydrogen (secondary N) is 1. The Bertz CT molecular complexity index is 1290. The van der Waals surface area contributed by atoms with Gasteiger partial charge in [0.25, 0.3) is 0 Å². The highest BCUT2D eigenvalue weighted by atomic mass is 32.2. The molecule has 0 radical (unpaired) electrons. The van der Waals surface area contributed by atoms with Crippen molar-refractivity contribution in [2.75, 3.05) is 11.6 Å². The van der Waals surface area contributed by atoms with Crippen molar-refractivity contribution >= 4 is 42.6 Å². The number of ether oxygens (including phenoxy) is 1. The Hall–Kier alpha value is -2.30. The number of benzene rings is 2. The van der Waals surface area contributed by atoms with Gasteiger partial charge in [-0.15, -0.1) is 0 Å². The van der Waals surface area contributed by atoms with Crippen LogP contribution in [0.1, 0.15) is 57.6 Å². The maximum atomic E-state index is 13.5. The zero-order valence-electron chi connectivity index (χ0n) is 23.5. The maximum Gasteiger partial charge on any atom is 0.416 e. The summed E-state index contributed by atoms with van der Waals surface area (Å²) in [4.78, 5) is 9.04. The van der Waals surface area contributed by atoms with Gasteiger partial charge in [-0.25, -0.2) is 4.98 Å². The van der Waals surface area contributed by atoms with Crippen LogP contribution in [0.15, 0.2) is 42.5 Å². The molecule has 1 N–H and O–H groups in total. The van der Waals surface area contributed by atoms with E-state index >= 15 is 0 Å². The highest BCUT2D eigenvalue weighted by Crippen LogP contribution is 2.40. The molecule has 39 heavy (non-hydrogen) atoms. The molecule has 0 aliphatic heterocycles. The average Bonchev–Trinajstić information content (AvgIpc) is 2.84. The van der Waals surface area contributed by atoms with E-state index in [0.717, 1.165) is 54.8 Å². The average molecular weight is 578 g/mol. The van der Waals surface area contributed by atoms with E-state index in [1.54, 1.807) is 11.8 Å². The van der Waals surface area contributed by atoms with Crippen molar-refractivity contribution in [3.8, 4) is 5.88 Å². The first kappa shape index (κ1) is 29.7. The van der Waals surface area contributed by atoms with Gasteiger partial charge in [-0.2, -0.15) is 29.9 Å². The quantitative estimate of drug-likeness (QED) is 0.270. The molecule has 0 atom stereocenters. The highest BCUT2D eigenvalue weighted by molar-refractivity contribution is 7.97. The van der Waals surface area contributed by atoms with Crippen LogP contribution in [0.25, 0.3) is 10.9 Å². The summed E-state index contributed by atoms with van der Waals surface area (Å²) in [5.41, 5.74) is 1.33. The van der Waals surface area contributed by atoms with Gasteiger partial charge >= 0.3 is 6.18 Å². The number of hydrogen-bond donors (Lipinski definition) is 1. The number of rotatable bonds is 8. The Morgan fingerprint density at radius 3 is 2.31 bits per heavy atom. The maximum absolute atomic E-state index is 13.5. The molecule has 1 heterocycles. The number of anilines is 2. The van der Waals surface area contributed by atoms with Gasteiger partial charge in [0.15, 0.2) is 8.32 Å². The second kappa shape index (κ2) is 11.7. The third-order valence-corrected chi connectivity index (χ3v) is 12.8. The summed E-state index contributed by atoms with van der Waals surface area (Å²) < 4.78 is 53.4. The van der Waals surface area contributed by atoms with E-state index in [-0.39, 0.29) is 28.7 Å². The zero-order valence-corrected chi connectivity index (χ0v) is 25.3. The molecule has 212 valence electrons. The molecular weight excluding hydrogens is 539 g/mol. The number of fused-ring (bicyclic) bond motifs is 1. The lowest BCUT2D eigenvalue weighted by Crippen LogP contribution is -2.45. The van der Waals surface area contributed by atoms with Gasteiger partial charge in [0.05, 0.1) is 16.5 Å². The van der Waals surface area contributed by atoms with Crippen LogP contribution in [0.3, 0.4) is 0 Å². The second-order valence-corrected chi connectivity index (χ2v) is 17.4. The fourth-order valence-electron chi connectivity index (χ4n) is 4.48. The fourth-order valence-corrected chi connectivity index (χ4v) is 6.41. The molecule has 0 spiro atoms. The lowest BCUT2D eigenvalue weighted by atomic mass is 9.95. The molecule has 0 unspecified atom stereocenters. The van der Waals surface area contributed by atoms with Crippen molar-refractivity contribution in [3.05, 3.63) is 53.6 Å². The summed E-state index contributed by atoms with van der Waals surface area (Å²) in [5, 5.41) is 3.78. The number of hydrogen-bond acceptors (Lipinski definition) is 6. The Labute approximate surface area is 234 Å². The van der Waals surface area contributed by atoms with Gasteiger partial charge in [0.1, 0.15) is 6.10 Å². The predicted octanol–water partition coefficient (Wildman–Crippen LogP) is 8.97. The van der Waals surface area contributed by atoms with Crippen molar-refractivity contribution in [2.24, 2.45) is 0 Å². The Morgan fingerprint density at radius 2 is 1.67 bits per heavy atom. The molecule has 2 aromatic carbocycles. The van der Waals surface area contributed by atoms with Crippen LogP contribution >= 0.6 is 11.8 Å². The number of thioether (sulfide) groups is 1. The highest BCUT2D eigenvalue weighted by Gasteiger charge is 2.40. The SMILES string of the molecule is CSCc1cccc(Nc2nc(OC3CCC(O[Si](C)(C)C(C)(C)C)CC3)c3ccc(C(F)(F)F)cc3n2)c1. The van der Waals surface area contributed by atoms with Crippen molar-refractivity contribution in [2.45, 2.75) is 88.7 Å². The zero-order chi connectivity index (χ0) is 28.4. The van der Waals surface area contributed by atoms with Crippen LogP contribution in [0.4, 0.5) is 24.8 Å². The lowest BCUT2D eigenvalue weighted by Gasteiger charge is -2.41. The van der Waals surface area contributed by atoms with Crippen molar-refractivity contribution in [3.63, 3.8) is 0 Å². The van der Waals surface area contributed by atoms with Crippen LogP contribution in [0.5, 0.6) is 5.88 Å². The van der Waals surface area contributed by atoms with E-state index < -0.39 is 20.1 Å². The van der Waals surface area contributed by atoms with Crippen LogP contribution < -0.4 is 10.1 Å². The van der Waals surface area contributed by atoms with E-state index in [1.807, 2.05) is 30.5 Å². The molecule has 0 bridgehead atoms. The van der Waals surface area contributed by atoms with Crippen molar-refractivity contribution < 1.29 is 22.3 Å². The fraction of sp³-hybridized carbons (Fsp3) is 0.517. The molecule has 0 amide bonds. The Morgan fingerprint density at radius 1 is 0.974 bits per heavy atom. The summed E-state index contributed by atoms with van der Waals surface area (Å²) in [6.07, 6.45) is 1.02. The molecule has 1 aromatic heterocycles. The van der Waals surface area contributed by atoms with Gasteiger partial charge in [-0.1, -0.05) is 32.9 Å². The molecule has 5 nitrogen and oxygen atoms in total. The molecule has 1 fully saturated rings. The minimum atomic E-state index is -4.47. The minimum Gasteiger partial charge on any atom is -0.474 e. The van der Waals surface area contributed by atoms with Gasteiger partial charge < -0.3 is 14.5 Å². The summed E-state index contributed by atoms with van der Waals surface area (Å²) >= 11 is 1.71. The molecule has 10 heteroatoms. The molecule has 3 aromatic rings. The Kier molecular flexibility index (Phi) is 8.88. The van der Waals surface area contributed by atoms with E-state index in [9.17, 15) is 13.2 Å². The van der Waals surface area contributed by atoms with Crippen molar-refractivity contribution in [1.29, 1.82) is 0 Å². The Balaban J connectivity index is 1.57. The van der Waals surface area contributed by atoms with Crippen LogP contribution in [0.2, 0.25) is 18.1 Å². The van der Waals surface area contributed by atoms with E-state index in [0.29, 0.717) is 11.3 Å². The predicted molar refractivity (Wildman–Crippen MR) is 156 cm³/mol. The molecule has 4 rings (SSSR count). The summed E-state index contributed by atoms with van der Waals surface area (Å²) in [6, 6.07) is 11.3. The number of aromatic nitrogens is 2. The van der Waals surface area contributed by atoms with Gasteiger partial charge in [0, 0.05) is 17.5 Å². The summed E-state index contributed by atoms with van der Waals surface area (Å²) in [5.74, 6) is 1.34. The van der Waals surface area contributed by atoms with Crippen LogP contribution in [0, 0.1) is 0 Å². The van der Waals surface area contributed by atoms with E-state index in [1.165, 1.54) is 6.07 Å². The standard InChI is InChI=1S/C29H38F3N3O2SSi/c1-28(2,3)39(5,6)37-23-13-11-22(12-14-23)36-26-24-15-10-20(29(30,31)32)17-25(24)34-27(35-26)33-21-9-7-8-19(16-21)18-38-4/h7-10,15-17,22-23H,11-14,18H2,1-6H3,(H,33,34,35). The van der Waals surface area contributed by atoms with Crippen molar-refractivity contribution in [1.82, 2.24) is 9.97 Å². The smallest absolute Gasteiger partial charge is 0.416 e. The number of alkyl halides is 3. The number of nitrogens with zero attached hydrogens (tertiary/aromatic N) is 2. The first-order chi connectivity index (χ1) is 18.2. The monoisotopic (exact) mass is 577 g/mol. The molecule has 1 aliphatic rings. The first-order valence-corrected chi connectivity index (χ1v) is 17.6. The normalized spacial score (nSPS) is 18.8. The largest absolute Gasteiger partial charge is 0.474 e. The number of halogens is 3. The molecule has 1 aliphatic carbocycles. The molecule has 0 saturated heterocycles. The molecule has 1 saturated carbocycles. The summed E-state index contributed by atoms with van der Waals surface area (Å²) in [7, 11) is -1.86.